The van der Waals surface area contributed by atoms with Gasteiger partial charge in [-0.15, -0.1) is 0 Å². The largest absolute Gasteiger partial charge is 0.484 e. The van der Waals surface area contributed by atoms with Crippen molar-refractivity contribution in [3.8, 4) is 5.75 Å². The lowest BCUT2D eigenvalue weighted by atomic mass is 10.1. The summed E-state index contributed by atoms with van der Waals surface area (Å²) in [4.78, 5) is 29.2. The first kappa shape index (κ1) is 22.9. The third kappa shape index (κ3) is 5.93. The second-order valence-electron chi connectivity index (χ2n) is 7.93. The summed E-state index contributed by atoms with van der Waals surface area (Å²) in [5, 5.41) is 2.85. The number of carbonyl (C=O) groups is 2. The van der Waals surface area contributed by atoms with Crippen LogP contribution in [0.4, 0.5) is 11.4 Å². The van der Waals surface area contributed by atoms with E-state index in [1.54, 1.807) is 12.1 Å². The Morgan fingerprint density at radius 1 is 0.909 bits per heavy atom. The lowest BCUT2D eigenvalue weighted by Crippen LogP contribution is -2.48. The zero-order valence-corrected chi connectivity index (χ0v) is 20.0. The summed E-state index contributed by atoms with van der Waals surface area (Å²) in [5.74, 6) is 0.522. The fourth-order valence-corrected chi connectivity index (χ4v) is 4.05. The Kier molecular flexibility index (Phi) is 7.29. The summed E-state index contributed by atoms with van der Waals surface area (Å²) in [5.41, 5.74) is 3.57. The third-order valence-corrected chi connectivity index (χ3v) is 6.17. The van der Waals surface area contributed by atoms with Gasteiger partial charge in [0.1, 0.15) is 5.75 Å². The maximum atomic E-state index is 12.8. The Morgan fingerprint density at radius 2 is 1.58 bits per heavy atom. The maximum Gasteiger partial charge on any atom is 0.262 e. The van der Waals surface area contributed by atoms with Crippen molar-refractivity contribution in [1.82, 2.24) is 4.90 Å². The highest BCUT2D eigenvalue weighted by atomic mass is 79.9. The summed E-state index contributed by atoms with van der Waals surface area (Å²) in [6, 6.07) is 22.8. The fourth-order valence-electron chi connectivity index (χ4n) is 3.78. The van der Waals surface area contributed by atoms with Crippen LogP contribution in [0, 0.1) is 6.92 Å². The quantitative estimate of drug-likeness (QED) is 0.523. The number of ether oxygens (including phenoxy) is 1. The van der Waals surface area contributed by atoms with Crippen LogP contribution in [-0.2, 0) is 4.79 Å². The number of nitrogens with zero attached hydrogens (tertiary/aromatic N) is 2. The van der Waals surface area contributed by atoms with Gasteiger partial charge in [-0.2, -0.15) is 0 Å². The molecule has 1 aliphatic rings. The van der Waals surface area contributed by atoms with E-state index in [9.17, 15) is 9.59 Å². The first-order chi connectivity index (χ1) is 16.0. The van der Waals surface area contributed by atoms with Crippen molar-refractivity contribution in [3.63, 3.8) is 0 Å². The normalized spacial score (nSPS) is 13.5. The topological polar surface area (TPSA) is 61.9 Å². The van der Waals surface area contributed by atoms with Gasteiger partial charge in [0.2, 0.25) is 0 Å². The van der Waals surface area contributed by atoms with Crippen LogP contribution in [0.2, 0.25) is 0 Å². The van der Waals surface area contributed by atoms with Crippen molar-refractivity contribution in [2.24, 2.45) is 0 Å². The molecule has 3 aromatic rings. The number of rotatable bonds is 6. The minimum absolute atomic E-state index is 0.0553. The van der Waals surface area contributed by atoms with E-state index in [2.05, 4.69) is 26.1 Å². The summed E-state index contributed by atoms with van der Waals surface area (Å²) in [6.07, 6.45) is 0. The molecule has 0 aromatic heterocycles. The monoisotopic (exact) mass is 507 g/mol. The maximum absolute atomic E-state index is 12.8. The molecule has 7 heteroatoms. The Labute approximate surface area is 202 Å². The number of anilines is 2. The van der Waals surface area contributed by atoms with Crippen LogP contribution in [0.1, 0.15) is 15.9 Å². The van der Waals surface area contributed by atoms with Crippen molar-refractivity contribution >= 4 is 39.1 Å². The zero-order chi connectivity index (χ0) is 23.2. The molecule has 0 aliphatic carbocycles. The molecule has 4 rings (SSSR count). The van der Waals surface area contributed by atoms with Gasteiger partial charge in [-0.1, -0.05) is 34.1 Å². The first-order valence-corrected chi connectivity index (χ1v) is 11.7. The van der Waals surface area contributed by atoms with Gasteiger partial charge in [0.15, 0.2) is 6.61 Å². The van der Waals surface area contributed by atoms with Gasteiger partial charge in [0.05, 0.1) is 0 Å². The van der Waals surface area contributed by atoms with Crippen molar-refractivity contribution in [2.45, 2.75) is 6.92 Å². The molecule has 1 heterocycles. The molecule has 0 atom stereocenters. The van der Waals surface area contributed by atoms with Crippen molar-refractivity contribution < 1.29 is 14.3 Å². The van der Waals surface area contributed by atoms with Crippen LogP contribution in [0.3, 0.4) is 0 Å². The van der Waals surface area contributed by atoms with E-state index >= 15 is 0 Å². The molecule has 33 heavy (non-hydrogen) atoms. The number of hydrogen-bond acceptors (Lipinski definition) is 4. The number of nitrogens with one attached hydrogen (secondary N) is 1. The number of halogens is 1. The fraction of sp³-hybridized carbons (Fsp3) is 0.231. The lowest BCUT2D eigenvalue weighted by Gasteiger charge is -2.36. The van der Waals surface area contributed by atoms with E-state index in [1.807, 2.05) is 72.5 Å². The SMILES string of the molecule is Cc1ccccc1C(=O)N1CCN(c2ccc(NC(=O)COc3ccc(Br)cc3)cc2)CC1. The Hall–Kier alpha value is -3.32. The number of carbonyl (C=O) groups excluding carboxylic acids is 2. The highest BCUT2D eigenvalue weighted by Gasteiger charge is 2.23. The average molecular weight is 508 g/mol. The van der Waals surface area contributed by atoms with Crippen molar-refractivity contribution in [1.29, 1.82) is 0 Å². The highest BCUT2D eigenvalue weighted by Crippen LogP contribution is 2.21. The summed E-state index contributed by atoms with van der Waals surface area (Å²) in [7, 11) is 0. The Balaban J connectivity index is 1.26. The van der Waals surface area contributed by atoms with Gasteiger partial charge in [-0.3, -0.25) is 9.59 Å². The minimum atomic E-state index is -0.214. The van der Waals surface area contributed by atoms with Gasteiger partial charge < -0.3 is 19.9 Å². The molecule has 170 valence electrons. The van der Waals surface area contributed by atoms with Crippen molar-refractivity contribution in [3.05, 3.63) is 88.4 Å². The molecule has 1 aliphatic heterocycles. The third-order valence-electron chi connectivity index (χ3n) is 5.64. The van der Waals surface area contributed by atoms with E-state index in [0.717, 1.165) is 40.1 Å². The molecule has 1 N–H and O–H groups in total. The van der Waals surface area contributed by atoms with Crippen LogP contribution in [0.5, 0.6) is 5.75 Å². The van der Waals surface area contributed by atoms with Gasteiger partial charge in [0.25, 0.3) is 11.8 Å². The number of aryl methyl sites for hydroxylation is 1. The van der Waals surface area contributed by atoms with Crippen molar-refractivity contribution in [2.75, 3.05) is 43.0 Å². The van der Waals surface area contributed by atoms with Gasteiger partial charge >= 0.3 is 0 Å². The number of amides is 2. The number of hydrogen-bond donors (Lipinski definition) is 1. The molecule has 2 amide bonds. The molecular weight excluding hydrogens is 482 g/mol. The predicted molar refractivity (Wildman–Crippen MR) is 134 cm³/mol. The van der Waals surface area contributed by atoms with Crippen LogP contribution >= 0.6 is 15.9 Å². The van der Waals surface area contributed by atoms with E-state index in [-0.39, 0.29) is 18.4 Å². The average Bonchev–Trinajstić information content (AvgIpc) is 2.84. The molecule has 0 unspecified atom stereocenters. The molecule has 0 saturated carbocycles. The highest BCUT2D eigenvalue weighted by molar-refractivity contribution is 9.10. The van der Waals surface area contributed by atoms with E-state index in [0.29, 0.717) is 18.8 Å². The van der Waals surface area contributed by atoms with E-state index in [1.165, 1.54) is 0 Å². The summed E-state index contributed by atoms with van der Waals surface area (Å²) >= 11 is 3.37. The van der Waals surface area contributed by atoms with Crippen LogP contribution in [0.15, 0.2) is 77.3 Å². The zero-order valence-electron chi connectivity index (χ0n) is 18.5. The summed E-state index contributed by atoms with van der Waals surface area (Å²) < 4.78 is 6.47. The number of piperazine rings is 1. The molecule has 6 nitrogen and oxygen atoms in total. The minimum Gasteiger partial charge on any atom is -0.484 e. The molecule has 1 fully saturated rings. The summed E-state index contributed by atoms with van der Waals surface area (Å²) in [6.45, 7) is 4.81. The van der Waals surface area contributed by atoms with Gasteiger partial charge in [-0.25, -0.2) is 0 Å². The van der Waals surface area contributed by atoms with E-state index in [4.69, 9.17) is 4.74 Å². The molecule has 0 radical (unpaired) electrons. The molecule has 0 spiro atoms. The predicted octanol–water partition coefficient (Wildman–Crippen LogP) is 4.74. The second kappa shape index (κ2) is 10.5. The molecule has 3 aromatic carbocycles. The van der Waals surface area contributed by atoms with Gasteiger partial charge in [0, 0.05) is 47.6 Å². The van der Waals surface area contributed by atoms with Crippen LogP contribution < -0.4 is 15.0 Å². The second-order valence-corrected chi connectivity index (χ2v) is 8.85. The molecular formula is C26H26BrN3O3. The molecule has 1 saturated heterocycles. The number of benzene rings is 3. The standard InChI is InChI=1S/C26H26BrN3O3/c1-19-4-2-3-5-24(19)26(32)30-16-14-29(15-17-30)22-10-8-21(9-11-22)28-25(31)18-33-23-12-6-20(27)7-13-23/h2-13H,14-18H2,1H3,(H,28,31). The molecule has 0 bridgehead atoms. The van der Waals surface area contributed by atoms with Gasteiger partial charge in [-0.05, 0) is 67.1 Å². The van der Waals surface area contributed by atoms with E-state index < -0.39 is 0 Å². The Morgan fingerprint density at radius 3 is 2.24 bits per heavy atom. The lowest BCUT2D eigenvalue weighted by molar-refractivity contribution is -0.118. The first-order valence-electron chi connectivity index (χ1n) is 10.9. The van der Waals surface area contributed by atoms with Crippen LogP contribution in [-0.4, -0.2) is 49.5 Å². The smallest absolute Gasteiger partial charge is 0.262 e. The Bertz CT molecular complexity index is 1110. The van der Waals surface area contributed by atoms with Crippen LogP contribution in [0.25, 0.3) is 0 Å².